The summed E-state index contributed by atoms with van der Waals surface area (Å²) in [5.74, 6) is -0.822. The molecule has 1 aromatic heterocycles. The molecule has 1 rings (SSSR count). The molecule has 0 aliphatic carbocycles. The summed E-state index contributed by atoms with van der Waals surface area (Å²) in [5, 5.41) is 18.3. The van der Waals surface area contributed by atoms with Crippen LogP contribution in [-0.2, 0) is 6.54 Å². The van der Waals surface area contributed by atoms with Gasteiger partial charge in [0, 0.05) is 6.54 Å². The minimum atomic E-state index is -0.462. The number of aromatic hydroxyl groups is 2. The average Bonchev–Trinajstić information content (AvgIpc) is 2.38. The van der Waals surface area contributed by atoms with Gasteiger partial charge in [0.2, 0.25) is 0 Å². The molecule has 1 heterocycles. The van der Waals surface area contributed by atoms with Gasteiger partial charge in [0.05, 0.1) is 0 Å². The van der Waals surface area contributed by atoms with Crippen molar-refractivity contribution in [1.82, 2.24) is 9.55 Å². The highest BCUT2D eigenvalue weighted by atomic mass is 16.3. The van der Waals surface area contributed by atoms with E-state index in [1.54, 1.807) is 0 Å². The smallest absolute Gasteiger partial charge is 0.331 e. The van der Waals surface area contributed by atoms with Gasteiger partial charge in [0.25, 0.3) is 11.8 Å². The quantitative estimate of drug-likeness (QED) is 0.624. The van der Waals surface area contributed by atoms with E-state index in [4.69, 9.17) is 5.11 Å². The minimum Gasteiger partial charge on any atom is -0.491 e. The third kappa shape index (κ3) is 2.31. The highest BCUT2D eigenvalue weighted by molar-refractivity contribution is 5.22. The first-order valence-electron chi connectivity index (χ1n) is 4.87. The van der Waals surface area contributed by atoms with Crippen LogP contribution < -0.4 is 5.69 Å². The van der Waals surface area contributed by atoms with Gasteiger partial charge in [-0.1, -0.05) is 26.2 Å². The lowest BCUT2D eigenvalue weighted by Crippen LogP contribution is -2.16. The summed E-state index contributed by atoms with van der Waals surface area (Å²) in [7, 11) is 0. The summed E-state index contributed by atoms with van der Waals surface area (Å²) in [4.78, 5) is 13.2. The lowest BCUT2D eigenvalue weighted by atomic mass is 10.2. The van der Waals surface area contributed by atoms with E-state index in [1.165, 1.54) is 0 Å². The molecule has 80 valence electrons. The predicted molar refractivity (Wildman–Crippen MR) is 52.5 cm³/mol. The largest absolute Gasteiger partial charge is 0.491 e. The summed E-state index contributed by atoms with van der Waals surface area (Å²) in [6.45, 7) is 2.55. The highest BCUT2D eigenvalue weighted by Gasteiger charge is 2.10. The molecule has 0 saturated heterocycles. The lowest BCUT2D eigenvalue weighted by molar-refractivity contribution is 0.363. The molecule has 1 aromatic rings. The van der Waals surface area contributed by atoms with Crippen molar-refractivity contribution in [3.8, 4) is 11.8 Å². The number of hydrogen-bond donors (Lipinski definition) is 3. The summed E-state index contributed by atoms with van der Waals surface area (Å²) >= 11 is 0. The van der Waals surface area contributed by atoms with E-state index in [9.17, 15) is 9.90 Å². The second kappa shape index (κ2) is 4.74. The van der Waals surface area contributed by atoms with Gasteiger partial charge in [-0.25, -0.2) is 4.79 Å². The fourth-order valence-electron chi connectivity index (χ4n) is 1.35. The maximum absolute atomic E-state index is 11.1. The zero-order chi connectivity index (χ0) is 10.6. The maximum Gasteiger partial charge on any atom is 0.331 e. The standard InChI is InChI=1S/C9H16N2O3/c1-2-3-4-5-6-11-8(13)7(12)10-9(11)14/h12-13H,2-6H2,1H3,(H,10,14). The Morgan fingerprint density at radius 3 is 2.50 bits per heavy atom. The molecule has 0 radical (unpaired) electrons. The number of H-pyrrole nitrogens is 1. The van der Waals surface area contributed by atoms with Crippen molar-refractivity contribution < 1.29 is 10.2 Å². The van der Waals surface area contributed by atoms with Gasteiger partial charge in [-0.05, 0) is 6.42 Å². The van der Waals surface area contributed by atoms with Crippen molar-refractivity contribution in [2.75, 3.05) is 0 Å². The predicted octanol–water partition coefficient (Wildman–Crippen LogP) is 1.17. The van der Waals surface area contributed by atoms with Gasteiger partial charge < -0.3 is 10.2 Å². The molecule has 0 aliphatic heterocycles. The van der Waals surface area contributed by atoms with E-state index < -0.39 is 11.6 Å². The number of aromatic nitrogens is 2. The Hall–Kier alpha value is -1.39. The average molecular weight is 200 g/mol. The van der Waals surface area contributed by atoms with Crippen LogP contribution in [0.3, 0.4) is 0 Å². The molecule has 0 amide bonds. The molecule has 5 heteroatoms. The second-order valence-electron chi connectivity index (χ2n) is 3.31. The Kier molecular flexibility index (Phi) is 3.62. The van der Waals surface area contributed by atoms with Crippen molar-refractivity contribution in [2.45, 2.75) is 39.2 Å². The highest BCUT2D eigenvalue weighted by Crippen LogP contribution is 2.19. The Morgan fingerprint density at radius 1 is 1.29 bits per heavy atom. The number of aromatic amines is 1. The Balaban J connectivity index is 2.54. The van der Waals surface area contributed by atoms with Crippen molar-refractivity contribution in [2.24, 2.45) is 0 Å². The summed E-state index contributed by atoms with van der Waals surface area (Å²) in [5.41, 5.74) is -0.462. The fraction of sp³-hybridized carbons (Fsp3) is 0.667. The van der Waals surface area contributed by atoms with Gasteiger partial charge in [-0.15, -0.1) is 0 Å². The molecule has 5 nitrogen and oxygen atoms in total. The molecule has 0 bridgehead atoms. The van der Waals surface area contributed by atoms with Crippen LogP contribution in [0, 0.1) is 0 Å². The summed E-state index contributed by atoms with van der Waals surface area (Å²) in [6, 6.07) is 0. The Labute approximate surface area is 82.0 Å². The van der Waals surface area contributed by atoms with Crippen molar-refractivity contribution in [3.63, 3.8) is 0 Å². The first-order valence-corrected chi connectivity index (χ1v) is 4.87. The van der Waals surface area contributed by atoms with Gasteiger partial charge >= 0.3 is 5.69 Å². The molecule has 0 unspecified atom stereocenters. The SMILES string of the molecule is CCCCCCn1c(O)c(O)[nH]c1=O. The maximum atomic E-state index is 11.1. The van der Waals surface area contributed by atoms with Crippen LogP contribution in [0.15, 0.2) is 4.79 Å². The van der Waals surface area contributed by atoms with E-state index in [1.807, 2.05) is 0 Å². The zero-order valence-electron chi connectivity index (χ0n) is 8.29. The molecule has 0 saturated carbocycles. The van der Waals surface area contributed by atoms with E-state index in [-0.39, 0.29) is 5.88 Å². The van der Waals surface area contributed by atoms with Crippen molar-refractivity contribution in [3.05, 3.63) is 10.5 Å². The molecule has 3 N–H and O–H groups in total. The molecular formula is C9H16N2O3. The third-order valence-electron chi connectivity index (χ3n) is 2.17. The van der Waals surface area contributed by atoms with E-state index in [0.29, 0.717) is 6.54 Å². The lowest BCUT2D eigenvalue weighted by Gasteiger charge is -2.01. The van der Waals surface area contributed by atoms with E-state index >= 15 is 0 Å². The molecule has 0 aromatic carbocycles. The molecule has 0 atom stereocenters. The number of unbranched alkanes of at least 4 members (excludes halogenated alkanes) is 3. The van der Waals surface area contributed by atoms with Gasteiger partial charge in [-0.2, -0.15) is 0 Å². The van der Waals surface area contributed by atoms with Crippen molar-refractivity contribution >= 4 is 0 Å². The summed E-state index contributed by atoms with van der Waals surface area (Å²) in [6.07, 6.45) is 4.10. The van der Waals surface area contributed by atoms with Gasteiger partial charge in [0.1, 0.15) is 0 Å². The normalized spacial score (nSPS) is 10.6. The zero-order valence-corrected chi connectivity index (χ0v) is 8.29. The molecular weight excluding hydrogens is 184 g/mol. The van der Waals surface area contributed by atoms with E-state index in [2.05, 4.69) is 11.9 Å². The van der Waals surface area contributed by atoms with Crippen LogP contribution in [0.4, 0.5) is 0 Å². The van der Waals surface area contributed by atoms with Crippen LogP contribution in [0.5, 0.6) is 11.8 Å². The molecule has 0 fully saturated rings. The molecule has 14 heavy (non-hydrogen) atoms. The van der Waals surface area contributed by atoms with Gasteiger partial charge in [0.15, 0.2) is 0 Å². The number of imidazole rings is 1. The first-order chi connectivity index (χ1) is 6.66. The third-order valence-corrected chi connectivity index (χ3v) is 2.17. The summed E-state index contributed by atoms with van der Waals surface area (Å²) < 4.78 is 1.14. The topological polar surface area (TPSA) is 78.2 Å². The number of hydrogen-bond acceptors (Lipinski definition) is 3. The van der Waals surface area contributed by atoms with Gasteiger partial charge in [-0.3, -0.25) is 9.55 Å². The first kappa shape index (κ1) is 10.7. The second-order valence-corrected chi connectivity index (χ2v) is 3.31. The van der Waals surface area contributed by atoms with E-state index in [0.717, 1.165) is 30.3 Å². The van der Waals surface area contributed by atoms with Crippen LogP contribution in [0.1, 0.15) is 32.6 Å². The number of rotatable bonds is 5. The Bertz CT molecular complexity index is 340. The van der Waals surface area contributed by atoms with Crippen LogP contribution in [0.2, 0.25) is 0 Å². The van der Waals surface area contributed by atoms with Crippen molar-refractivity contribution in [1.29, 1.82) is 0 Å². The van der Waals surface area contributed by atoms with Crippen LogP contribution >= 0.6 is 0 Å². The van der Waals surface area contributed by atoms with Crippen LogP contribution in [0.25, 0.3) is 0 Å². The Morgan fingerprint density at radius 2 is 2.00 bits per heavy atom. The number of nitrogens with one attached hydrogen (secondary N) is 1. The minimum absolute atomic E-state index is 0.369. The number of nitrogens with zero attached hydrogens (tertiary/aromatic N) is 1. The van der Waals surface area contributed by atoms with Crippen LogP contribution in [-0.4, -0.2) is 19.8 Å². The molecule has 0 aliphatic rings. The monoisotopic (exact) mass is 200 g/mol. The molecule has 0 spiro atoms. The fourth-order valence-corrected chi connectivity index (χ4v) is 1.35.